The van der Waals surface area contributed by atoms with Crippen LogP contribution in [0.1, 0.15) is 5.56 Å². The zero-order valence-corrected chi connectivity index (χ0v) is 13.0. The lowest BCUT2D eigenvalue weighted by Crippen LogP contribution is -2.27. The van der Waals surface area contributed by atoms with Gasteiger partial charge in [-0.3, -0.25) is 4.31 Å². The minimum Gasteiger partial charge on any atom is -0.396 e. The highest BCUT2D eigenvalue weighted by Gasteiger charge is 2.26. The molecule has 0 heterocycles. The fourth-order valence-corrected chi connectivity index (χ4v) is 3.42. The Kier molecular flexibility index (Phi) is 4.11. The molecular formula is C14H14ClFN2O2S. The molecule has 0 saturated heterocycles. The Labute approximate surface area is 128 Å². The number of anilines is 2. The van der Waals surface area contributed by atoms with E-state index in [-0.39, 0.29) is 10.7 Å². The van der Waals surface area contributed by atoms with Crippen LogP contribution in [0, 0.1) is 12.7 Å². The summed E-state index contributed by atoms with van der Waals surface area (Å²) in [7, 11) is -2.74. The number of hydrogen-bond acceptors (Lipinski definition) is 3. The average molecular weight is 329 g/mol. The Bertz CT molecular complexity index is 776. The van der Waals surface area contributed by atoms with Crippen molar-refractivity contribution in [1.29, 1.82) is 0 Å². The van der Waals surface area contributed by atoms with Crippen molar-refractivity contribution in [3.63, 3.8) is 0 Å². The number of nitrogens with two attached hydrogens (primary N) is 1. The second-order valence-electron chi connectivity index (χ2n) is 4.62. The molecule has 112 valence electrons. The highest BCUT2D eigenvalue weighted by molar-refractivity contribution is 7.92. The normalized spacial score (nSPS) is 11.4. The van der Waals surface area contributed by atoms with E-state index in [0.717, 1.165) is 15.9 Å². The molecule has 7 heteroatoms. The van der Waals surface area contributed by atoms with E-state index in [9.17, 15) is 12.8 Å². The van der Waals surface area contributed by atoms with Gasteiger partial charge in [0.15, 0.2) is 5.82 Å². The zero-order chi connectivity index (χ0) is 15.8. The molecule has 0 amide bonds. The Morgan fingerprint density at radius 1 is 1.19 bits per heavy atom. The van der Waals surface area contributed by atoms with Crippen LogP contribution < -0.4 is 10.0 Å². The molecule has 0 aliphatic rings. The number of aryl methyl sites for hydroxylation is 1. The minimum atomic E-state index is -4.09. The van der Waals surface area contributed by atoms with E-state index in [2.05, 4.69) is 0 Å². The second-order valence-corrected chi connectivity index (χ2v) is 6.99. The Morgan fingerprint density at radius 2 is 1.76 bits per heavy atom. The van der Waals surface area contributed by atoms with E-state index in [0.29, 0.717) is 5.69 Å². The Balaban J connectivity index is 2.54. The fourth-order valence-electron chi connectivity index (χ4n) is 1.81. The fraction of sp³-hybridized carbons (Fsp3) is 0.143. The van der Waals surface area contributed by atoms with Crippen LogP contribution in [0.4, 0.5) is 15.8 Å². The molecular weight excluding hydrogens is 315 g/mol. The maximum atomic E-state index is 14.0. The van der Waals surface area contributed by atoms with Crippen molar-refractivity contribution in [2.45, 2.75) is 11.8 Å². The predicted molar refractivity (Wildman–Crippen MR) is 82.6 cm³/mol. The lowest BCUT2D eigenvalue weighted by atomic mass is 10.2. The van der Waals surface area contributed by atoms with Crippen molar-refractivity contribution in [2.24, 2.45) is 0 Å². The van der Waals surface area contributed by atoms with E-state index in [1.807, 2.05) is 6.92 Å². The second kappa shape index (κ2) is 5.54. The first-order chi connectivity index (χ1) is 9.73. The van der Waals surface area contributed by atoms with Gasteiger partial charge in [-0.05, 0) is 31.2 Å². The minimum absolute atomic E-state index is 0.0600. The van der Waals surface area contributed by atoms with Crippen molar-refractivity contribution in [1.82, 2.24) is 0 Å². The highest BCUT2D eigenvalue weighted by Crippen LogP contribution is 2.29. The largest absolute Gasteiger partial charge is 0.396 e. The maximum absolute atomic E-state index is 14.0. The number of nitrogen functional groups attached to an aromatic ring is 1. The lowest BCUT2D eigenvalue weighted by molar-refractivity contribution is 0.568. The molecule has 2 rings (SSSR count). The highest BCUT2D eigenvalue weighted by atomic mass is 35.5. The third-order valence-electron chi connectivity index (χ3n) is 3.07. The molecule has 2 aromatic rings. The molecule has 0 radical (unpaired) electrons. The quantitative estimate of drug-likeness (QED) is 0.880. The molecule has 0 saturated carbocycles. The van der Waals surface area contributed by atoms with Crippen LogP contribution in [0.2, 0.25) is 5.02 Å². The molecule has 2 N–H and O–H groups in total. The van der Waals surface area contributed by atoms with Gasteiger partial charge in [0.05, 0.1) is 11.4 Å². The van der Waals surface area contributed by atoms with Crippen LogP contribution in [0.5, 0.6) is 0 Å². The van der Waals surface area contributed by atoms with E-state index in [1.165, 1.54) is 13.1 Å². The molecule has 0 fully saturated rings. The van der Waals surface area contributed by atoms with E-state index in [1.54, 1.807) is 24.3 Å². The molecule has 0 spiro atoms. The summed E-state index contributed by atoms with van der Waals surface area (Å²) in [6, 6.07) is 9.03. The first-order valence-corrected chi connectivity index (χ1v) is 7.85. The smallest absolute Gasteiger partial charge is 0.267 e. The number of benzene rings is 2. The summed E-state index contributed by atoms with van der Waals surface area (Å²) >= 11 is 5.77. The Morgan fingerprint density at radius 3 is 2.33 bits per heavy atom. The van der Waals surface area contributed by atoms with E-state index in [4.69, 9.17) is 17.3 Å². The van der Waals surface area contributed by atoms with Gasteiger partial charge in [-0.1, -0.05) is 29.3 Å². The standard InChI is InChI=1S/C14H14ClFN2O2S/c1-9-3-5-11(6-4-9)18(2)21(19,20)13-8-10(15)7-12(17)14(13)16/h3-8H,17H2,1-2H3. The number of sulfonamides is 1. The summed E-state index contributed by atoms with van der Waals surface area (Å²) in [5.74, 6) is -1.00. The van der Waals surface area contributed by atoms with Crippen LogP contribution in [0.25, 0.3) is 0 Å². The molecule has 0 bridgehead atoms. The summed E-state index contributed by atoms with van der Waals surface area (Å²) in [5.41, 5.74) is 6.53. The maximum Gasteiger partial charge on any atom is 0.267 e. The van der Waals surface area contributed by atoms with Crippen LogP contribution in [-0.4, -0.2) is 15.5 Å². The van der Waals surface area contributed by atoms with E-state index < -0.39 is 20.7 Å². The predicted octanol–water partition coefficient (Wildman–Crippen LogP) is 3.19. The zero-order valence-electron chi connectivity index (χ0n) is 11.5. The Hall–Kier alpha value is -1.79. The average Bonchev–Trinajstić information content (AvgIpc) is 2.42. The molecule has 0 atom stereocenters. The number of nitrogens with zero attached hydrogens (tertiary/aromatic N) is 1. The van der Waals surface area contributed by atoms with Gasteiger partial charge in [-0.25, -0.2) is 12.8 Å². The molecule has 0 unspecified atom stereocenters. The summed E-state index contributed by atoms with van der Waals surface area (Å²) in [6.07, 6.45) is 0. The van der Waals surface area contributed by atoms with Gasteiger partial charge in [-0.2, -0.15) is 0 Å². The molecule has 4 nitrogen and oxygen atoms in total. The van der Waals surface area contributed by atoms with Crippen molar-refractivity contribution < 1.29 is 12.8 Å². The van der Waals surface area contributed by atoms with Crippen LogP contribution in [0.3, 0.4) is 0 Å². The van der Waals surface area contributed by atoms with Crippen molar-refractivity contribution in [3.05, 3.63) is 52.8 Å². The summed E-state index contributed by atoms with van der Waals surface area (Å²) in [6.45, 7) is 1.88. The van der Waals surface area contributed by atoms with Gasteiger partial charge < -0.3 is 5.73 Å². The monoisotopic (exact) mass is 328 g/mol. The SMILES string of the molecule is Cc1ccc(N(C)S(=O)(=O)c2cc(Cl)cc(N)c2F)cc1. The van der Waals surface area contributed by atoms with Crippen LogP contribution in [0.15, 0.2) is 41.3 Å². The van der Waals surface area contributed by atoms with Crippen molar-refractivity contribution >= 4 is 33.0 Å². The third-order valence-corrected chi connectivity index (χ3v) is 5.07. The first kappa shape index (κ1) is 15.6. The molecule has 2 aromatic carbocycles. The molecule has 0 aliphatic heterocycles. The number of hydrogen-bond donors (Lipinski definition) is 1. The molecule has 0 aliphatic carbocycles. The topological polar surface area (TPSA) is 63.4 Å². The van der Waals surface area contributed by atoms with Gasteiger partial charge in [0.1, 0.15) is 4.90 Å². The van der Waals surface area contributed by atoms with Gasteiger partial charge >= 0.3 is 0 Å². The lowest BCUT2D eigenvalue weighted by Gasteiger charge is -2.20. The van der Waals surface area contributed by atoms with Gasteiger partial charge in [0, 0.05) is 12.1 Å². The number of rotatable bonds is 3. The summed E-state index contributed by atoms with van der Waals surface area (Å²) in [5, 5.41) is 0.0600. The molecule has 0 aromatic heterocycles. The molecule has 21 heavy (non-hydrogen) atoms. The number of halogens is 2. The summed E-state index contributed by atoms with van der Waals surface area (Å²) in [4.78, 5) is -0.546. The van der Waals surface area contributed by atoms with Crippen molar-refractivity contribution in [3.8, 4) is 0 Å². The van der Waals surface area contributed by atoms with Crippen LogP contribution in [-0.2, 0) is 10.0 Å². The third kappa shape index (κ3) is 2.96. The van der Waals surface area contributed by atoms with Crippen molar-refractivity contribution in [2.75, 3.05) is 17.1 Å². The van der Waals surface area contributed by atoms with Gasteiger partial charge in [-0.15, -0.1) is 0 Å². The van der Waals surface area contributed by atoms with Crippen LogP contribution >= 0.6 is 11.6 Å². The van der Waals surface area contributed by atoms with Gasteiger partial charge in [0.25, 0.3) is 10.0 Å². The van der Waals surface area contributed by atoms with Gasteiger partial charge in [0.2, 0.25) is 0 Å². The van der Waals surface area contributed by atoms with E-state index >= 15 is 0 Å². The first-order valence-electron chi connectivity index (χ1n) is 6.03. The summed E-state index contributed by atoms with van der Waals surface area (Å²) < 4.78 is 40.0.